The monoisotopic (exact) mass is 304 g/mol. The van der Waals surface area contributed by atoms with E-state index < -0.39 is 0 Å². The highest BCUT2D eigenvalue weighted by Crippen LogP contribution is 2.67. The molecule has 0 radical (unpaired) electrons. The average Bonchev–Trinajstić information content (AvgIpc) is 2.77. The summed E-state index contributed by atoms with van der Waals surface area (Å²) in [7, 11) is 0. The van der Waals surface area contributed by atoms with Crippen LogP contribution in [0, 0.1) is 40.4 Å². The molecule has 4 aliphatic rings. The molecule has 124 valence electrons. The van der Waals surface area contributed by atoms with Gasteiger partial charge in [0.15, 0.2) is 0 Å². The molecule has 0 unspecified atom stereocenters. The van der Waals surface area contributed by atoms with Crippen molar-refractivity contribution < 1.29 is 10.2 Å². The maximum atomic E-state index is 10.4. The maximum absolute atomic E-state index is 10.4. The highest BCUT2D eigenvalue weighted by molar-refractivity contribution is 5.21. The third kappa shape index (κ3) is 1.82. The van der Waals surface area contributed by atoms with E-state index >= 15 is 0 Å². The zero-order chi connectivity index (χ0) is 15.7. The first kappa shape index (κ1) is 15.1. The van der Waals surface area contributed by atoms with E-state index in [-0.39, 0.29) is 11.5 Å². The van der Waals surface area contributed by atoms with Gasteiger partial charge >= 0.3 is 0 Å². The first-order valence-electron chi connectivity index (χ1n) is 9.44. The van der Waals surface area contributed by atoms with Crippen molar-refractivity contribution in [3.8, 4) is 0 Å². The Labute approximate surface area is 135 Å². The summed E-state index contributed by atoms with van der Waals surface area (Å²) < 4.78 is 0. The number of aliphatic hydroxyl groups is 2. The molecule has 0 saturated heterocycles. The van der Waals surface area contributed by atoms with Crippen LogP contribution in [-0.4, -0.2) is 16.3 Å². The van der Waals surface area contributed by atoms with Crippen molar-refractivity contribution in [1.82, 2.24) is 0 Å². The van der Waals surface area contributed by atoms with Gasteiger partial charge in [-0.15, -0.1) is 0 Å². The van der Waals surface area contributed by atoms with E-state index in [2.05, 4.69) is 26.8 Å². The molecule has 0 amide bonds. The molecular formula is C20H32O2. The second-order valence-electron chi connectivity index (χ2n) is 9.42. The standard InChI is InChI=1S/C20H32O2/c1-12-10-13-11-14(21)6-8-19(13,2)16-7-9-20(3)15(18(12)16)4-5-17(20)22/h5,12-16,18,21-22H,4,6-11H2,1-3H3/t12-,13-,14-,15-,16-,18-,19-,20-/m0/s1. The van der Waals surface area contributed by atoms with Crippen LogP contribution in [0.25, 0.3) is 0 Å². The van der Waals surface area contributed by atoms with Crippen LogP contribution in [0.15, 0.2) is 11.8 Å². The van der Waals surface area contributed by atoms with Crippen LogP contribution in [0.1, 0.15) is 65.7 Å². The molecule has 0 aromatic carbocycles. The van der Waals surface area contributed by atoms with E-state index in [9.17, 15) is 10.2 Å². The van der Waals surface area contributed by atoms with Gasteiger partial charge in [-0.1, -0.05) is 20.8 Å². The molecule has 2 heteroatoms. The van der Waals surface area contributed by atoms with Gasteiger partial charge in [0.1, 0.15) is 0 Å². The van der Waals surface area contributed by atoms with Crippen molar-refractivity contribution in [2.24, 2.45) is 40.4 Å². The zero-order valence-electron chi connectivity index (χ0n) is 14.4. The molecule has 0 aromatic rings. The topological polar surface area (TPSA) is 40.5 Å². The van der Waals surface area contributed by atoms with Crippen molar-refractivity contribution in [3.05, 3.63) is 11.8 Å². The molecule has 22 heavy (non-hydrogen) atoms. The number of fused-ring (bicyclic) bond motifs is 5. The first-order chi connectivity index (χ1) is 10.4. The number of allylic oxidation sites excluding steroid dienone is 2. The van der Waals surface area contributed by atoms with E-state index in [0.717, 1.165) is 43.4 Å². The lowest BCUT2D eigenvalue weighted by Gasteiger charge is -2.62. The van der Waals surface area contributed by atoms with Gasteiger partial charge in [0.2, 0.25) is 0 Å². The van der Waals surface area contributed by atoms with E-state index in [1.54, 1.807) is 0 Å². The van der Waals surface area contributed by atoms with Gasteiger partial charge in [-0.3, -0.25) is 0 Å². The number of hydrogen-bond acceptors (Lipinski definition) is 2. The second-order valence-corrected chi connectivity index (χ2v) is 9.42. The molecule has 3 saturated carbocycles. The minimum atomic E-state index is -0.0622. The van der Waals surface area contributed by atoms with Gasteiger partial charge in [-0.05, 0) is 86.0 Å². The number of aliphatic hydroxyl groups excluding tert-OH is 2. The molecule has 8 atom stereocenters. The largest absolute Gasteiger partial charge is 0.512 e. The van der Waals surface area contributed by atoms with Gasteiger partial charge in [-0.25, -0.2) is 0 Å². The Balaban J connectivity index is 1.68. The molecule has 0 aromatic heterocycles. The summed E-state index contributed by atoms with van der Waals surface area (Å²) in [6.07, 6.45) is 10.0. The fourth-order valence-corrected chi connectivity index (χ4v) is 7.16. The second kappa shape index (κ2) is 4.75. The SMILES string of the molecule is C[C@H]1C[C@H]2C[C@@H](O)CC[C@]2(C)[C@H]2CC[C@]3(C)C(O)=CC[C@H]3[C@H]12. The quantitative estimate of drug-likeness (QED) is 0.681. The maximum Gasteiger partial charge on any atom is 0.0944 e. The first-order valence-corrected chi connectivity index (χ1v) is 9.44. The molecule has 3 fully saturated rings. The lowest BCUT2D eigenvalue weighted by Crippen LogP contribution is -2.56. The number of hydrogen-bond donors (Lipinski definition) is 2. The van der Waals surface area contributed by atoms with Gasteiger partial charge in [0.05, 0.1) is 11.9 Å². The third-order valence-electron chi connectivity index (χ3n) is 8.54. The van der Waals surface area contributed by atoms with Gasteiger partial charge in [0.25, 0.3) is 0 Å². The Morgan fingerprint density at radius 2 is 1.86 bits per heavy atom. The van der Waals surface area contributed by atoms with Gasteiger partial charge < -0.3 is 10.2 Å². The predicted octanol–water partition coefficient (Wildman–Crippen LogP) is 4.69. The lowest BCUT2D eigenvalue weighted by molar-refractivity contribution is -0.143. The lowest BCUT2D eigenvalue weighted by atomic mass is 9.43. The summed E-state index contributed by atoms with van der Waals surface area (Å²) in [5.41, 5.74) is 0.475. The van der Waals surface area contributed by atoms with Crippen molar-refractivity contribution >= 4 is 0 Å². The highest BCUT2D eigenvalue weighted by Gasteiger charge is 2.60. The summed E-state index contributed by atoms with van der Waals surface area (Å²) >= 11 is 0. The minimum absolute atomic E-state index is 0.0484. The van der Waals surface area contributed by atoms with Gasteiger partial charge in [0, 0.05) is 5.41 Å². The fraction of sp³-hybridized carbons (Fsp3) is 0.900. The van der Waals surface area contributed by atoms with Crippen LogP contribution < -0.4 is 0 Å². The highest BCUT2D eigenvalue weighted by atomic mass is 16.3. The average molecular weight is 304 g/mol. The fourth-order valence-electron chi connectivity index (χ4n) is 7.16. The summed E-state index contributed by atoms with van der Waals surface area (Å²) in [5, 5.41) is 20.5. The van der Waals surface area contributed by atoms with Crippen LogP contribution in [0.2, 0.25) is 0 Å². The van der Waals surface area contributed by atoms with Crippen LogP contribution in [-0.2, 0) is 0 Å². The Kier molecular flexibility index (Phi) is 3.25. The predicted molar refractivity (Wildman–Crippen MR) is 88.4 cm³/mol. The third-order valence-corrected chi connectivity index (χ3v) is 8.54. The van der Waals surface area contributed by atoms with Crippen LogP contribution in [0.3, 0.4) is 0 Å². The molecule has 0 heterocycles. The Bertz CT molecular complexity index is 498. The molecule has 4 rings (SSSR count). The minimum Gasteiger partial charge on any atom is -0.512 e. The molecule has 2 nitrogen and oxygen atoms in total. The smallest absolute Gasteiger partial charge is 0.0944 e. The zero-order valence-corrected chi connectivity index (χ0v) is 14.4. The molecule has 0 bridgehead atoms. The van der Waals surface area contributed by atoms with Gasteiger partial charge in [-0.2, -0.15) is 0 Å². The molecular weight excluding hydrogens is 272 g/mol. The van der Waals surface area contributed by atoms with E-state index in [4.69, 9.17) is 0 Å². The van der Waals surface area contributed by atoms with Crippen molar-refractivity contribution in [1.29, 1.82) is 0 Å². The number of rotatable bonds is 0. The Morgan fingerprint density at radius 1 is 1.09 bits per heavy atom. The van der Waals surface area contributed by atoms with E-state index in [1.807, 2.05) is 0 Å². The van der Waals surface area contributed by atoms with E-state index in [1.165, 1.54) is 19.3 Å². The molecule has 4 aliphatic carbocycles. The van der Waals surface area contributed by atoms with Crippen molar-refractivity contribution in [2.75, 3.05) is 0 Å². The van der Waals surface area contributed by atoms with Crippen LogP contribution in [0.5, 0.6) is 0 Å². The van der Waals surface area contributed by atoms with E-state index in [0.29, 0.717) is 23.0 Å². The normalized spacial score (nSPS) is 57.5. The summed E-state index contributed by atoms with van der Waals surface area (Å²) in [6.45, 7) is 7.27. The Hall–Kier alpha value is -0.500. The molecule has 0 aliphatic heterocycles. The molecule has 0 spiro atoms. The summed E-state index contributed by atoms with van der Waals surface area (Å²) in [5.74, 6) is 4.32. The Morgan fingerprint density at radius 3 is 2.64 bits per heavy atom. The summed E-state index contributed by atoms with van der Waals surface area (Å²) in [4.78, 5) is 0. The van der Waals surface area contributed by atoms with Crippen molar-refractivity contribution in [3.63, 3.8) is 0 Å². The van der Waals surface area contributed by atoms with Crippen LogP contribution >= 0.6 is 0 Å². The summed E-state index contributed by atoms with van der Waals surface area (Å²) in [6, 6.07) is 0. The van der Waals surface area contributed by atoms with Crippen LogP contribution in [0.4, 0.5) is 0 Å². The molecule has 2 N–H and O–H groups in total. The van der Waals surface area contributed by atoms with Crippen molar-refractivity contribution in [2.45, 2.75) is 71.8 Å².